The van der Waals surface area contributed by atoms with Crippen LogP contribution in [0.4, 0.5) is 0 Å². The van der Waals surface area contributed by atoms with Gasteiger partial charge in [-0.05, 0) is 17.7 Å². The summed E-state index contributed by atoms with van der Waals surface area (Å²) in [7, 11) is 0. The lowest BCUT2D eigenvalue weighted by molar-refractivity contribution is -0.136. The summed E-state index contributed by atoms with van der Waals surface area (Å²) in [5, 5.41) is 0. The predicted octanol–water partition coefficient (Wildman–Crippen LogP) is -0.238. The Labute approximate surface area is 148 Å². The van der Waals surface area contributed by atoms with Gasteiger partial charge in [-0.1, -0.05) is 12.1 Å². The summed E-state index contributed by atoms with van der Waals surface area (Å²) in [5.74, 6) is -0.191. The van der Waals surface area contributed by atoms with Gasteiger partial charge in [-0.25, -0.2) is 0 Å². The second-order valence-corrected chi connectivity index (χ2v) is 6.61. The quantitative estimate of drug-likeness (QED) is 0.796. The molecule has 25 heavy (non-hydrogen) atoms. The van der Waals surface area contributed by atoms with E-state index >= 15 is 0 Å². The first-order chi connectivity index (χ1) is 12.1. The molecule has 1 aromatic rings. The first-order valence-corrected chi connectivity index (χ1v) is 8.81. The van der Waals surface area contributed by atoms with Crippen LogP contribution >= 0.6 is 0 Å². The van der Waals surface area contributed by atoms with Crippen LogP contribution in [0.1, 0.15) is 15.9 Å². The van der Waals surface area contributed by atoms with Crippen LogP contribution in [0.5, 0.6) is 0 Å². The van der Waals surface area contributed by atoms with Crippen LogP contribution < -0.4 is 5.73 Å². The highest BCUT2D eigenvalue weighted by atomic mass is 16.5. The lowest BCUT2D eigenvalue weighted by Crippen LogP contribution is -2.51. The first kappa shape index (κ1) is 17.8. The van der Waals surface area contributed by atoms with Crippen molar-refractivity contribution >= 4 is 11.8 Å². The average Bonchev–Trinajstić information content (AvgIpc) is 2.64. The smallest absolute Gasteiger partial charge is 0.248 e. The van der Waals surface area contributed by atoms with Gasteiger partial charge in [0.05, 0.1) is 19.8 Å². The molecule has 2 amide bonds. The molecular formula is C18H26N4O3. The van der Waals surface area contributed by atoms with Crippen molar-refractivity contribution in [3.8, 4) is 0 Å². The lowest BCUT2D eigenvalue weighted by atomic mass is 10.1. The maximum absolute atomic E-state index is 12.3. The number of piperazine rings is 1. The Hall–Kier alpha value is -1.96. The number of amides is 2. The summed E-state index contributed by atoms with van der Waals surface area (Å²) in [4.78, 5) is 29.9. The van der Waals surface area contributed by atoms with E-state index in [4.69, 9.17) is 10.5 Å². The molecule has 0 saturated carbocycles. The highest BCUT2D eigenvalue weighted by Gasteiger charge is 2.22. The van der Waals surface area contributed by atoms with Gasteiger partial charge < -0.3 is 15.4 Å². The molecule has 2 saturated heterocycles. The monoisotopic (exact) mass is 346 g/mol. The Bertz CT molecular complexity index is 591. The van der Waals surface area contributed by atoms with Gasteiger partial charge in [0.25, 0.3) is 0 Å². The molecule has 0 spiro atoms. The zero-order valence-corrected chi connectivity index (χ0v) is 14.5. The number of nitrogens with zero attached hydrogens (tertiary/aromatic N) is 3. The van der Waals surface area contributed by atoms with E-state index in [0.717, 1.165) is 32.7 Å². The van der Waals surface area contributed by atoms with Crippen LogP contribution in [0, 0.1) is 0 Å². The lowest BCUT2D eigenvalue weighted by Gasteiger charge is -2.36. The summed E-state index contributed by atoms with van der Waals surface area (Å²) in [6, 6.07) is 7.45. The fraction of sp³-hybridized carbons (Fsp3) is 0.556. The molecule has 0 aliphatic carbocycles. The molecule has 2 heterocycles. The third-order valence-corrected chi connectivity index (χ3v) is 4.83. The van der Waals surface area contributed by atoms with Crippen molar-refractivity contribution in [3.63, 3.8) is 0 Å². The number of nitrogens with two attached hydrogens (primary N) is 1. The first-order valence-electron chi connectivity index (χ1n) is 8.81. The van der Waals surface area contributed by atoms with Gasteiger partial charge in [0.1, 0.15) is 0 Å². The van der Waals surface area contributed by atoms with E-state index in [1.165, 1.54) is 5.56 Å². The zero-order chi connectivity index (χ0) is 17.6. The highest BCUT2D eigenvalue weighted by Crippen LogP contribution is 2.10. The molecule has 2 aliphatic rings. The Morgan fingerprint density at radius 3 is 2.12 bits per heavy atom. The summed E-state index contributed by atoms with van der Waals surface area (Å²) in [6.07, 6.45) is 0. The molecule has 2 aliphatic heterocycles. The van der Waals surface area contributed by atoms with Gasteiger partial charge >= 0.3 is 0 Å². The van der Waals surface area contributed by atoms with Gasteiger partial charge in [-0.2, -0.15) is 0 Å². The van der Waals surface area contributed by atoms with Crippen molar-refractivity contribution < 1.29 is 14.3 Å². The van der Waals surface area contributed by atoms with Gasteiger partial charge in [0.2, 0.25) is 11.8 Å². The molecule has 0 radical (unpaired) electrons. The number of carbonyl (C=O) groups is 2. The molecule has 7 heteroatoms. The number of ether oxygens (including phenoxy) is 1. The molecule has 2 fully saturated rings. The van der Waals surface area contributed by atoms with Crippen LogP contribution in [-0.4, -0.2) is 85.5 Å². The molecule has 7 nitrogen and oxygen atoms in total. The van der Waals surface area contributed by atoms with Gasteiger partial charge in [0.15, 0.2) is 0 Å². The topological polar surface area (TPSA) is 79.1 Å². The number of benzene rings is 1. The standard InChI is InChI=1S/C18H26N4O3/c19-18(24)16-3-1-15(2-4-16)13-20-5-7-21(8-6-20)14-17(23)22-9-11-25-12-10-22/h1-4H,5-14H2,(H2,19,24). The Morgan fingerprint density at radius 1 is 0.920 bits per heavy atom. The fourth-order valence-electron chi connectivity index (χ4n) is 3.24. The maximum Gasteiger partial charge on any atom is 0.248 e. The van der Waals surface area contributed by atoms with E-state index in [9.17, 15) is 9.59 Å². The summed E-state index contributed by atoms with van der Waals surface area (Å²) in [6.45, 7) is 7.74. The highest BCUT2D eigenvalue weighted by molar-refractivity contribution is 5.92. The Kier molecular flexibility index (Phi) is 6.01. The van der Waals surface area contributed by atoms with Gasteiger partial charge in [-0.3, -0.25) is 19.4 Å². The number of rotatable bonds is 5. The van der Waals surface area contributed by atoms with E-state index in [-0.39, 0.29) is 5.91 Å². The molecule has 0 atom stereocenters. The van der Waals surface area contributed by atoms with Crippen LogP contribution in [-0.2, 0) is 16.1 Å². The van der Waals surface area contributed by atoms with E-state index in [1.54, 1.807) is 12.1 Å². The van der Waals surface area contributed by atoms with Crippen molar-refractivity contribution in [3.05, 3.63) is 35.4 Å². The molecule has 0 aromatic heterocycles. The second kappa shape index (κ2) is 8.42. The number of primary amides is 1. The number of carbonyl (C=O) groups excluding carboxylic acids is 2. The largest absolute Gasteiger partial charge is 0.378 e. The van der Waals surface area contributed by atoms with Gasteiger partial charge in [-0.15, -0.1) is 0 Å². The molecule has 3 rings (SSSR count). The third kappa shape index (κ3) is 5.01. The number of morpholine rings is 1. The minimum absolute atomic E-state index is 0.207. The van der Waals surface area contributed by atoms with E-state index in [2.05, 4.69) is 9.80 Å². The predicted molar refractivity (Wildman–Crippen MR) is 94.1 cm³/mol. The van der Waals surface area contributed by atoms with Crippen LogP contribution in [0.25, 0.3) is 0 Å². The Morgan fingerprint density at radius 2 is 1.52 bits per heavy atom. The molecule has 0 unspecified atom stereocenters. The molecule has 136 valence electrons. The second-order valence-electron chi connectivity index (χ2n) is 6.61. The summed E-state index contributed by atoms with van der Waals surface area (Å²) >= 11 is 0. The van der Waals surface area contributed by atoms with Crippen LogP contribution in [0.15, 0.2) is 24.3 Å². The van der Waals surface area contributed by atoms with Gasteiger partial charge in [0, 0.05) is 51.4 Å². The molecular weight excluding hydrogens is 320 g/mol. The van der Waals surface area contributed by atoms with E-state index < -0.39 is 5.91 Å². The van der Waals surface area contributed by atoms with Crippen molar-refractivity contribution in [1.82, 2.24) is 14.7 Å². The Balaban J connectivity index is 1.42. The maximum atomic E-state index is 12.3. The van der Waals surface area contributed by atoms with Crippen LogP contribution in [0.3, 0.4) is 0 Å². The molecule has 0 bridgehead atoms. The van der Waals surface area contributed by atoms with Crippen molar-refractivity contribution in [1.29, 1.82) is 0 Å². The summed E-state index contributed by atoms with van der Waals surface area (Å²) in [5.41, 5.74) is 6.97. The zero-order valence-electron chi connectivity index (χ0n) is 14.5. The number of hydrogen-bond donors (Lipinski definition) is 1. The minimum Gasteiger partial charge on any atom is -0.378 e. The molecule has 2 N–H and O–H groups in total. The average molecular weight is 346 g/mol. The van der Waals surface area contributed by atoms with E-state index in [0.29, 0.717) is 38.4 Å². The van der Waals surface area contributed by atoms with Crippen molar-refractivity contribution in [2.24, 2.45) is 5.73 Å². The molecule has 1 aromatic carbocycles. The third-order valence-electron chi connectivity index (χ3n) is 4.83. The van der Waals surface area contributed by atoms with Crippen molar-refractivity contribution in [2.75, 3.05) is 59.0 Å². The summed E-state index contributed by atoms with van der Waals surface area (Å²) < 4.78 is 5.29. The minimum atomic E-state index is -0.398. The number of hydrogen-bond acceptors (Lipinski definition) is 5. The van der Waals surface area contributed by atoms with Crippen molar-refractivity contribution in [2.45, 2.75) is 6.54 Å². The normalized spacial score (nSPS) is 19.8. The SMILES string of the molecule is NC(=O)c1ccc(CN2CCN(CC(=O)N3CCOCC3)CC2)cc1. The fourth-order valence-corrected chi connectivity index (χ4v) is 3.24. The van der Waals surface area contributed by atoms with E-state index in [1.807, 2.05) is 17.0 Å². The van der Waals surface area contributed by atoms with Crippen LogP contribution in [0.2, 0.25) is 0 Å².